The molecule has 136 valence electrons. The van der Waals surface area contributed by atoms with Gasteiger partial charge in [0, 0.05) is 32.1 Å². The molecule has 0 aromatic heterocycles. The third kappa shape index (κ3) is 3.57. The fourth-order valence-corrected chi connectivity index (χ4v) is 3.76. The lowest BCUT2D eigenvalue weighted by atomic mass is 9.98. The van der Waals surface area contributed by atoms with Gasteiger partial charge in [0.05, 0.1) is 25.8 Å². The highest BCUT2D eigenvalue weighted by atomic mass is 16.5. The molecule has 2 fully saturated rings. The lowest BCUT2D eigenvalue weighted by molar-refractivity contribution is -0.137. The van der Waals surface area contributed by atoms with Gasteiger partial charge in [-0.05, 0) is 30.9 Å². The van der Waals surface area contributed by atoms with E-state index in [-0.39, 0.29) is 24.2 Å². The lowest BCUT2D eigenvalue weighted by Crippen LogP contribution is -2.43. The van der Waals surface area contributed by atoms with E-state index >= 15 is 0 Å². The number of carbonyl (C=O) groups is 2. The Bertz CT molecular complexity index is 661. The number of benzene rings is 1. The third-order valence-corrected chi connectivity index (χ3v) is 5.12. The van der Waals surface area contributed by atoms with Crippen LogP contribution in [0.3, 0.4) is 0 Å². The molecular weight excluding hydrogens is 320 g/mol. The summed E-state index contributed by atoms with van der Waals surface area (Å²) in [6, 6.07) is 5.36. The zero-order valence-corrected chi connectivity index (χ0v) is 15.2. The van der Waals surface area contributed by atoms with E-state index in [2.05, 4.69) is 6.92 Å². The van der Waals surface area contributed by atoms with Crippen LogP contribution in [0.4, 0.5) is 5.69 Å². The van der Waals surface area contributed by atoms with Gasteiger partial charge < -0.3 is 19.3 Å². The summed E-state index contributed by atoms with van der Waals surface area (Å²) in [5.74, 6) is 1.58. The van der Waals surface area contributed by atoms with Crippen LogP contribution in [0.5, 0.6) is 11.5 Å². The Hall–Kier alpha value is -2.24. The van der Waals surface area contributed by atoms with Crippen LogP contribution in [-0.2, 0) is 9.59 Å². The van der Waals surface area contributed by atoms with Crippen molar-refractivity contribution < 1.29 is 19.1 Å². The number of anilines is 1. The molecule has 2 saturated heterocycles. The second-order valence-corrected chi connectivity index (χ2v) is 6.97. The van der Waals surface area contributed by atoms with E-state index in [1.165, 1.54) is 6.42 Å². The van der Waals surface area contributed by atoms with E-state index in [1.54, 1.807) is 31.3 Å². The van der Waals surface area contributed by atoms with Gasteiger partial charge in [0.1, 0.15) is 11.5 Å². The first-order valence-corrected chi connectivity index (χ1v) is 8.84. The maximum absolute atomic E-state index is 12.8. The minimum absolute atomic E-state index is 0.0353. The van der Waals surface area contributed by atoms with E-state index in [1.807, 2.05) is 11.0 Å². The minimum Gasteiger partial charge on any atom is -0.497 e. The summed E-state index contributed by atoms with van der Waals surface area (Å²) in [5.41, 5.74) is 0.690. The average molecular weight is 346 g/mol. The number of piperidine rings is 1. The first-order chi connectivity index (χ1) is 12.0. The van der Waals surface area contributed by atoms with Gasteiger partial charge in [-0.25, -0.2) is 0 Å². The summed E-state index contributed by atoms with van der Waals surface area (Å²) < 4.78 is 10.6. The Morgan fingerprint density at radius 3 is 2.68 bits per heavy atom. The summed E-state index contributed by atoms with van der Waals surface area (Å²) in [7, 11) is 3.15. The van der Waals surface area contributed by atoms with Crippen LogP contribution in [0.1, 0.15) is 26.2 Å². The van der Waals surface area contributed by atoms with Crippen molar-refractivity contribution in [3.63, 3.8) is 0 Å². The Morgan fingerprint density at radius 1 is 1.20 bits per heavy atom. The maximum Gasteiger partial charge on any atom is 0.228 e. The van der Waals surface area contributed by atoms with Gasteiger partial charge in [0.25, 0.3) is 0 Å². The van der Waals surface area contributed by atoms with Crippen molar-refractivity contribution in [1.29, 1.82) is 0 Å². The topological polar surface area (TPSA) is 59.1 Å². The Balaban J connectivity index is 1.75. The second-order valence-electron chi connectivity index (χ2n) is 6.97. The lowest BCUT2D eigenvalue weighted by Gasteiger charge is -2.32. The molecule has 2 heterocycles. The molecule has 2 aliphatic rings. The quantitative estimate of drug-likeness (QED) is 0.839. The number of hydrogen-bond donors (Lipinski definition) is 0. The molecule has 6 nitrogen and oxygen atoms in total. The minimum atomic E-state index is -0.274. The van der Waals surface area contributed by atoms with Crippen molar-refractivity contribution in [3.05, 3.63) is 18.2 Å². The largest absolute Gasteiger partial charge is 0.497 e. The molecule has 1 aromatic carbocycles. The van der Waals surface area contributed by atoms with Crippen LogP contribution in [0, 0.1) is 11.8 Å². The zero-order chi connectivity index (χ0) is 18.0. The number of amides is 2. The highest BCUT2D eigenvalue weighted by Crippen LogP contribution is 2.36. The van der Waals surface area contributed by atoms with Crippen LogP contribution >= 0.6 is 0 Å². The molecule has 6 heteroatoms. The standard InChI is InChI=1S/C19H26N2O4/c1-13-5-4-8-20(11-13)19(23)14-9-18(22)21(12-14)16-7-6-15(24-2)10-17(16)25-3/h6-7,10,13-14H,4-5,8-9,11-12H2,1-3H3. The number of carbonyl (C=O) groups excluding carboxylic acids is 2. The molecule has 3 rings (SSSR count). The van der Waals surface area contributed by atoms with Crippen LogP contribution in [0.25, 0.3) is 0 Å². The molecule has 0 spiro atoms. The van der Waals surface area contributed by atoms with Crippen LogP contribution in [0.2, 0.25) is 0 Å². The number of nitrogens with zero attached hydrogens (tertiary/aromatic N) is 2. The number of hydrogen-bond acceptors (Lipinski definition) is 4. The Morgan fingerprint density at radius 2 is 2.00 bits per heavy atom. The summed E-state index contributed by atoms with van der Waals surface area (Å²) in [6.45, 7) is 4.19. The van der Waals surface area contributed by atoms with Crippen LogP contribution < -0.4 is 14.4 Å². The van der Waals surface area contributed by atoms with Crippen LogP contribution in [0.15, 0.2) is 18.2 Å². The van der Waals surface area contributed by atoms with Gasteiger partial charge in [0.15, 0.2) is 0 Å². The summed E-state index contributed by atoms with van der Waals surface area (Å²) in [6.07, 6.45) is 2.48. The van der Waals surface area contributed by atoms with Crippen molar-refractivity contribution in [1.82, 2.24) is 4.90 Å². The highest BCUT2D eigenvalue weighted by molar-refractivity contribution is 6.01. The number of rotatable bonds is 4. The fourth-order valence-electron chi connectivity index (χ4n) is 3.76. The first-order valence-electron chi connectivity index (χ1n) is 8.84. The molecular formula is C19H26N2O4. The van der Waals surface area contributed by atoms with Gasteiger partial charge in [0.2, 0.25) is 11.8 Å². The number of ether oxygens (including phenoxy) is 2. The van der Waals surface area contributed by atoms with Gasteiger partial charge >= 0.3 is 0 Å². The van der Waals surface area contributed by atoms with Crippen LogP contribution in [-0.4, -0.2) is 50.6 Å². The van der Waals surface area contributed by atoms with E-state index in [0.717, 1.165) is 19.5 Å². The molecule has 2 atom stereocenters. The highest BCUT2D eigenvalue weighted by Gasteiger charge is 2.38. The maximum atomic E-state index is 12.8. The average Bonchev–Trinajstić information content (AvgIpc) is 3.02. The van der Waals surface area contributed by atoms with Crippen molar-refractivity contribution in [2.75, 3.05) is 38.8 Å². The van der Waals surface area contributed by atoms with Gasteiger partial charge in [-0.3, -0.25) is 9.59 Å². The summed E-state index contributed by atoms with van der Waals surface area (Å²) >= 11 is 0. The monoisotopic (exact) mass is 346 g/mol. The molecule has 0 saturated carbocycles. The van der Waals surface area contributed by atoms with E-state index in [4.69, 9.17) is 9.47 Å². The molecule has 0 radical (unpaired) electrons. The molecule has 25 heavy (non-hydrogen) atoms. The first kappa shape index (κ1) is 17.6. The summed E-state index contributed by atoms with van der Waals surface area (Å²) in [5, 5.41) is 0. The van der Waals surface area contributed by atoms with Gasteiger partial charge in [-0.1, -0.05) is 6.92 Å². The second kappa shape index (κ2) is 7.33. The normalized spacial score (nSPS) is 23.7. The molecule has 0 N–H and O–H groups in total. The van der Waals surface area contributed by atoms with Crippen molar-refractivity contribution in [2.45, 2.75) is 26.2 Å². The van der Waals surface area contributed by atoms with Crippen molar-refractivity contribution >= 4 is 17.5 Å². The SMILES string of the molecule is COc1ccc(N2CC(C(=O)N3CCCC(C)C3)CC2=O)c(OC)c1. The smallest absolute Gasteiger partial charge is 0.228 e. The predicted molar refractivity (Wildman–Crippen MR) is 95.0 cm³/mol. The summed E-state index contributed by atoms with van der Waals surface area (Å²) in [4.78, 5) is 28.9. The van der Waals surface area contributed by atoms with E-state index in [0.29, 0.717) is 29.6 Å². The molecule has 2 unspecified atom stereocenters. The van der Waals surface area contributed by atoms with E-state index in [9.17, 15) is 9.59 Å². The molecule has 0 aliphatic carbocycles. The van der Waals surface area contributed by atoms with E-state index < -0.39 is 0 Å². The van der Waals surface area contributed by atoms with Gasteiger partial charge in [-0.2, -0.15) is 0 Å². The zero-order valence-electron chi connectivity index (χ0n) is 15.2. The molecule has 2 amide bonds. The van der Waals surface area contributed by atoms with Crippen molar-refractivity contribution in [2.24, 2.45) is 11.8 Å². The molecule has 2 aliphatic heterocycles. The van der Waals surface area contributed by atoms with Crippen molar-refractivity contribution in [3.8, 4) is 11.5 Å². The number of likely N-dealkylation sites (tertiary alicyclic amines) is 1. The molecule has 1 aromatic rings. The predicted octanol–water partition coefficient (Wildman–Crippen LogP) is 2.32. The third-order valence-electron chi connectivity index (χ3n) is 5.12. The number of methoxy groups -OCH3 is 2. The molecule has 0 bridgehead atoms. The van der Waals surface area contributed by atoms with Gasteiger partial charge in [-0.15, -0.1) is 0 Å². The Labute approximate surface area is 148 Å². The Kier molecular flexibility index (Phi) is 5.16. The fraction of sp³-hybridized carbons (Fsp3) is 0.579.